The van der Waals surface area contributed by atoms with Gasteiger partial charge < -0.3 is 24.8 Å². The number of nitrogens with zero attached hydrogens (tertiary/aromatic N) is 5. The Morgan fingerprint density at radius 2 is 2.04 bits per heavy atom. The van der Waals surface area contributed by atoms with Gasteiger partial charge in [0.15, 0.2) is 5.82 Å². The van der Waals surface area contributed by atoms with Crippen molar-refractivity contribution in [3.8, 4) is 41.2 Å². The Kier molecular flexibility index (Phi) is 6.12. The van der Waals surface area contributed by atoms with Crippen molar-refractivity contribution in [3.05, 3.63) is 41.7 Å². The molecule has 12 heteroatoms. The third kappa shape index (κ3) is 4.07. The molecule has 0 amide bonds. The number of phenolic OH excluding ortho intramolecular Hbond substituents is 1. The van der Waals surface area contributed by atoms with E-state index in [1.54, 1.807) is 24.3 Å². The van der Waals surface area contributed by atoms with E-state index in [0.717, 1.165) is 19.4 Å². The Morgan fingerprint density at radius 1 is 1.15 bits per heavy atom. The molecule has 0 spiro atoms. The van der Waals surface area contributed by atoms with Gasteiger partial charge in [-0.2, -0.15) is 9.97 Å². The number of pyridine rings is 1. The maximum Gasteiger partial charge on any atom is 0.319 e. The van der Waals surface area contributed by atoms with Gasteiger partial charge in [0.2, 0.25) is 5.88 Å². The second-order valence-electron chi connectivity index (χ2n) is 13.2. The molecule has 5 aliphatic heterocycles. The number of hydrogen-bond acceptors (Lipinski definition) is 9. The standard InChI is InChI=1S/C34H31F3N6O3/c1-2-17-5-3-6-18-9-20(44)10-21(26(17)18)29-28(37)30-27-31(41-33(40-30)46-16-34-7-4-8-42(34)13-19(35)12-34)43-14-24-22(36)11-23(38-24)25(43)15-45-32(27)39-29/h1,3,5-6,9-10,19,22-25,38,44H,4,7-8,11-16H2. The number of alkyl halides is 2. The third-order valence-electron chi connectivity index (χ3n) is 10.6. The molecule has 2 bridgehead atoms. The molecule has 2 N–H and O–H groups in total. The van der Waals surface area contributed by atoms with Crippen LogP contribution < -0.4 is 19.7 Å². The minimum Gasteiger partial charge on any atom is -0.508 e. The first-order valence-corrected chi connectivity index (χ1v) is 15.8. The Labute approximate surface area is 262 Å². The van der Waals surface area contributed by atoms with Crippen LogP contribution in [0.3, 0.4) is 0 Å². The fourth-order valence-corrected chi connectivity index (χ4v) is 8.49. The number of terminal acetylenes is 1. The molecular weight excluding hydrogens is 597 g/mol. The molecule has 0 radical (unpaired) electrons. The summed E-state index contributed by atoms with van der Waals surface area (Å²) in [6.45, 7) is 1.77. The minimum absolute atomic E-state index is 0.0542. The molecule has 0 aliphatic carbocycles. The SMILES string of the molecule is C#Cc1cccc2cc(O)cc(-c3nc4c5c(nc(OCC67CCCN6CC(F)C7)nc5c3F)N3CC5NC(CC5F)C3CO4)c12. The predicted octanol–water partition coefficient (Wildman–Crippen LogP) is 4.28. The van der Waals surface area contributed by atoms with Gasteiger partial charge in [0.1, 0.15) is 53.7 Å². The summed E-state index contributed by atoms with van der Waals surface area (Å²) in [4.78, 5) is 18.2. The monoisotopic (exact) mass is 628 g/mol. The molecule has 4 fully saturated rings. The van der Waals surface area contributed by atoms with E-state index in [2.05, 4.69) is 26.1 Å². The summed E-state index contributed by atoms with van der Waals surface area (Å²) in [6.07, 6.45) is 6.28. The van der Waals surface area contributed by atoms with E-state index in [-0.39, 0.29) is 65.1 Å². The van der Waals surface area contributed by atoms with Crippen LogP contribution >= 0.6 is 0 Å². The molecule has 6 atom stereocenters. The Morgan fingerprint density at radius 3 is 2.91 bits per heavy atom. The van der Waals surface area contributed by atoms with Crippen LogP contribution in [0.5, 0.6) is 17.6 Å². The number of phenols is 1. The van der Waals surface area contributed by atoms with Crippen LogP contribution in [0.1, 0.15) is 31.2 Å². The summed E-state index contributed by atoms with van der Waals surface area (Å²) in [6, 6.07) is 7.31. The van der Waals surface area contributed by atoms with Crippen LogP contribution in [0, 0.1) is 18.2 Å². The maximum atomic E-state index is 17.0. The van der Waals surface area contributed by atoms with Crippen molar-refractivity contribution in [2.45, 2.75) is 61.7 Å². The molecule has 4 saturated heterocycles. The smallest absolute Gasteiger partial charge is 0.319 e. The van der Waals surface area contributed by atoms with E-state index in [9.17, 15) is 13.9 Å². The van der Waals surface area contributed by atoms with E-state index in [0.29, 0.717) is 48.1 Å². The average Bonchev–Trinajstić information content (AvgIpc) is 3.64. The van der Waals surface area contributed by atoms with E-state index < -0.39 is 29.7 Å². The number of hydrogen-bond donors (Lipinski definition) is 2. The van der Waals surface area contributed by atoms with Crippen LogP contribution in [-0.4, -0.2) is 93.8 Å². The summed E-state index contributed by atoms with van der Waals surface area (Å²) in [5.41, 5.74) is 0.159. The Balaban J connectivity index is 1.24. The molecule has 5 aliphatic rings. The van der Waals surface area contributed by atoms with Crippen LogP contribution in [0.15, 0.2) is 30.3 Å². The van der Waals surface area contributed by atoms with Gasteiger partial charge in [-0.15, -0.1) is 6.42 Å². The topological polar surface area (TPSA) is 95.9 Å². The highest BCUT2D eigenvalue weighted by Crippen LogP contribution is 2.45. The molecule has 2 aromatic carbocycles. The van der Waals surface area contributed by atoms with Crippen molar-refractivity contribution >= 4 is 27.5 Å². The van der Waals surface area contributed by atoms with Gasteiger partial charge in [0.25, 0.3) is 0 Å². The summed E-state index contributed by atoms with van der Waals surface area (Å²) in [7, 11) is 0. The van der Waals surface area contributed by atoms with Crippen LogP contribution in [0.25, 0.3) is 32.9 Å². The number of anilines is 1. The van der Waals surface area contributed by atoms with E-state index in [1.165, 1.54) is 6.07 Å². The van der Waals surface area contributed by atoms with E-state index in [4.69, 9.17) is 20.9 Å². The molecule has 9 rings (SSSR count). The van der Waals surface area contributed by atoms with Gasteiger partial charge in [-0.3, -0.25) is 4.90 Å². The Bertz CT molecular complexity index is 1970. The second-order valence-corrected chi connectivity index (χ2v) is 13.2. The molecule has 2 aromatic heterocycles. The van der Waals surface area contributed by atoms with Crippen LogP contribution in [-0.2, 0) is 0 Å². The number of nitrogens with one attached hydrogen (secondary N) is 1. The third-order valence-corrected chi connectivity index (χ3v) is 10.6. The van der Waals surface area contributed by atoms with Gasteiger partial charge >= 0.3 is 6.01 Å². The van der Waals surface area contributed by atoms with E-state index in [1.807, 2.05) is 4.90 Å². The lowest BCUT2D eigenvalue weighted by Gasteiger charge is -2.40. The van der Waals surface area contributed by atoms with Crippen molar-refractivity contribution in [3.63, 3.8) is 0 Å². The quantitative estimate of drug-likeness (QED) is 0.321. The normalized spacial score (nSPS) is 29.8. The van der Waals surface area contributed by atoms with Crippen molar-refractivity contribution in [1.82, 2.24) is 25.2 Å². The second kappa shape index (κ2) is 10.1. The first-order chi connectivity index (χ1) is 22.3. The van der Waals surface area contributed by atoms with Gasteiger partial charge in [-0.25, -0.2) is 18.2 Å². The fraction of sp³-hybridized carbons (Fsp3) is 0.441. The van der Waals surface area contributed by atoms with Crippen molar-refractivity contribution in [2.75, 3.05) is 37.7 Å². The number of benzene rings is 2. The highest BCUT2D eigenvalue weighted by molar-refractivity contribution is 6.04. The molecule has 7 heterocycles. The van der Waals surface area contributed by atoms with Gasteiger partial charge in [0.05, 0.1) is 17.6 Å². The van der Waals surface area contributed by atoms with Crippen LogP contribution in [0.2, 0.25) is 0 Å². The summed E-state index contributed by atoms with van der Waals surface area (Å²) in [5.74, 6) is 2.30. The molecule has 46 heavy (non-hydrogen) atoms. The van der Waals surface area contributed by atoms with Gasteiger partial charge in [-0.05, 0) is 49.4 Å². The molecule has 4 aromatic rings. The van der Waals surface area contributed by atoms with Crippen LogP contribution in [0.4, 0.5) is 19.0 Å². The molecular formula is C34H31F3N6O3. The number of aromatic nitrogens is 3. The summed E-state index contributed by atoms with van der Waals surface area (Å²) in [5, 5.41) is 15.4. The first kappa shape index (κ1) is 27.9. The summed E-state index contributed by atoms with van der Waals surface area (Å²) >= 11 is 0. The van der Waals surface area contributed by atoms with Gasteiger partial charge in [0, 0.05) is 42.1 Å². The zero-order valence-electron chi connectivity index (χ0n) is 24.8. The molecule has 6 unspecified atom stereocenters. The zero-order valence-corrected chi connectivity index (χ0v) is 24.8. The number of piperazine rings is 1. The maximum absolute atomic E-state index is 17.0. The highest BCUT2D eigenvalue weighted by atomic mass is 19.1. The van der Waals surface area contributed by atoms with Crippen molar-refractivity contribution in [2.24, 2.45) is 0 Å². The lowest BCUT2D eigenvalue weighted by molar-refractivity contribution is 0.107. The number of aromatic hydroxyl groups is 1. The lowest BCUT2D eigenvalue weighted by atomic mass is 9.95. The van der Waals surface area contributed by atoms with E-state index >= 15 is 4.39 Å². The fourth-order valence-electron chi connectivity index (χ4n) is 8.49. The average molecular weight is 629 g/mol. The number of rotatable bonds is 4. The first-order valence-electron chi connectivity index (χ1n) is 15.8. The molecule has 236 valence electrons. The molecule has 0 saturated carbocycles. The summed E-state index contributed by atoms with van der Waals surface area (Å²) < 4.78 is 59.0. The molecule has 9 nitrogen and oxygen atoms in total. The predicted molar refractivity (Wildman–Crippen MR) is 165 cm³/mol. The lowest BCUT2D eigenvalue weighted by Crippen LogP contribution is -2.60. The number of halogens is 3. The van der Waals surface area contributed by atoms with Crippen molar-refractivity contribution < 1.29 is 27.8 Å². The Hall–Kier alpha value is -4.34. The minimum atomic E-state index is -1.03. The van der Waals surface area contributed by atoms with Crippen molar-refractivity contribution in [1.29, 1.82) is 0 Å². The number of ether oxygens (including phenoxy) is 2. The zero-order chi connectivity index (χ0) is 31.3. The van der Waals surface area contributed by atoms with Gasteiger partial charge in [-0.1, -0.05) is 18.1 Å². The largest absolute Gasteiger partial charge is 0.508 e. The highest BCUT2D eigenvalue weighted by Gasteiger charge is 2.50. The number of fused-ring (bicyclic) bond motifs is 7.